The topological polar surface area (TPSA) is 28.5 Å². The van der Waals surface area contributed by atoms with E-state index < -0.39 is 0 Å². The second kappa shape index (κ2) is 12.2. The van der Waals surface area contributed by atoms with Crippen LogP contribution in [0.15, 0.2) is 101 Å². The number of allylic oxidation sites excluding steroid dienone is 4. The molecule has 7 rings (SSSR count). The van der Waals surface area contributed by atoms with Gasteiger partial charge in [0.25, 0.3) is 0 Å². The van der Waals surface area contributed by atoms with Crippen molar-refractivity contribution in [2.45, 2.75) is 93.0 Å². The van der Waals surface area contributed by atoms with Gasteiger partial charge >= 0.3 is 0 Å². The lowest BCUT2D eigenvalue weighted by Crippen LogP contribution is -2.50. The summed E-state index contributed by atoms with van der Waals surface area (Å²) in [4.78, 5) is 11.5. The lowest BCUT2D eigenvalue weighted by atomic mass is 9.32. The number of aromatic nitrogens is 1. The molecule has 0 amide bonds. The molecule has 0 spiro atoms. The zero-order valence-corrected chi connectivity index (χ0v) is 31.1. The largest absolute Gasteiger partial charge is 0.330 e. The van der Waals surface area contributed by atoms with Crippen LogP contribution in [0.3, 0.4) is 0 Å². The second-order valence-corrected chi connectivity index (χ2v) is 15.8. The van der Waals surface area contributed by atoms with Crippen LogP contribution in [0, 0.1) is 47.5 Å². The van der Waals surface area contributed by atoms with E-state index in [1.165, 1.54) is 83.4 Å². The van der Waals surface area contributed by atoms with Crippen molar-refractivity contribution in [1.29, 1.82) is 0 Å². The second-order valence-electron chi connectivity index (χ2n) is 15.8. The van der Waals surface area contributed by atoms with Gasteiger partial charge < -0.3 is 4.90 Å². The van der Waals surface area contributed by atoms with Gasteiger partial charge in [-0.25, -0.2) is 0 Å². The molecule has 248 valence electrons. The Morgan fingerprint density at radius 1 is 0.816 bits per heavy atom. The summed E-state index contributed by atoms with van der Waals surface area (Å²) >= 11 is 0. The normalized spacial score (nSPS) is 20.0. The average molecular weight is 644 g/mol. The van der Waals surface area contributed by atoms with Crippen LogP contribution in [0.25, 0.3) is 5.57 Å². The number of anilines is 2. The van der Waals surface area contributed by atoms with Crippen LogP contribution < -0.4 is 15.8 Å². The molecule has 3 nitrogen and oxygen atoms in total. The molecule has 49 heavy (non-hydrogen) atoms. The summed E-state index contributed by atoms with van der Waals surface area (Å²) in [6.07, 6.45) is 14.8. The van der Waals surface area contributed by atoms with Crippen molar-refractivity contribution in [3.63, 3.8) is 0 Å². The maximum Gasteiger partial charge on any atom is 0.238 e. The monoisotopic (exact) mass is 643 g/mol. The lowest BCUT2D eigenvalue weighted by molar-refractivity contribution is 0.512. The smallest absolute Gasteiger partial charge is 0.238 e. The number of aryl methyl sites for hydroxylation is 6. The molecular weight excluding hydrogens is 593 g/mol. The van der Waals surface area contributed by atoms with E-state index in [4.69, 9.17) is 0 Å². The molecule has 1 aliphatic carbocycles. The Kier molecular flexibility index (Phi) is 8.21. The van der Waals surface area contributed by atoms with E-state index in [9.17, 15) is 0 Å². The number of pyridine rings is 1. The van der Waals surface area contributed by atoms with Crippen molar-refractivity contribution in [2.75, 3.05) is 4.90 Å². The molecule has 0 radical (unpaired) electrons. The Hall–Kier alpha value is -4.44. The van der Waals surface area contributed by atoms with Gasteiger partial charge in [-0.15, -0.1) is 0 Å². The molecule has 0 fully saturated rings. The van der Waals surface area contributed by atoms with Crippen molar-refractivity contribution in [3.05, 3.63) is 141 Å². The van der Waals surface area contributed by atoms with Gasteiger partial charge in [0, 0.05) is 53.5 Å². The number of hydrogen-bond acceptors (Lipinski definition) is 3. The molecule has 0 saturated heterocycles. The highest BCUT2D eigenvalue weighted by molar-refractivity contribution is 6.92. The summed E-state index contributed by atoms with van der Waals surface area (Å²) in [5.74, 6) is 0.417. The Morgan fingerprint density at radius 3 is 1.98 bits per heavy atom. The highest BCUT2D eigenvalue weighted by atomic mass is 15.2. The fourth-order valence-electron chi connectivity index (χ4n) is 9.59. The minimum atomic E-state index is -0.176. The van der Waals surface area contributed by atoms with Gasteiger partial charge in [0.2, 0.25) is 6.71 Å². The number of fused-ring (bicyclic) bond motifs is 3. The van der Waals surface area contributed by atoms with Crippen LogP contribution in [-0.4, -0.2) is 23.5 Å². The predicted octanol–water partition coefficient (Wildman–Crippen LogP) is 9.68. The van der Waals surface area contributed by atoms with E-state index in [0.29, 0.717) is 5.92 Å². The molecule has 2 atom stereocenters. The fourth-order valence-corrected chi connectivity index (χ4v) is 9.59. The zero-order chi connectivity index (χ0) is 34.8. The lowest BCUT2D eigenvalue weighted by Gasteiger charge is -2.39. The standard InChI is InChI=1S/C45H50BN3/c1-28-21-31(4)42(32(5)22-28)46(43-33(6)23-29(2)24-34(43)7)36-13-16-39(30(3)25-36)44(8,9)35-11-14-37(15-12-35)49-41-17-19-47-26-38(41)40-27-48-20-18-45(40,49)10/h11-17,19-24,26-27,30H,18,25H2,1-10H3. The molecular formula is C45H50BN3. The molecule has 4 aromatic rings. The van der Waals surface area contributed by atoms with Crippen molar-refractivity contribution in [2.24, 2.45) is 10.9 Å². The van der Waals surface area contributed by atoms with E-state index in [1.54, 1.807) is 0 Å². The highest BCUT2D eigenvalue weighted by Crippen LogP contribution is 2.53. The summed E-state index contributed by atoms with van der Waals surface area (Å²) in [5.41, 5.74) is 20.1. The van der Waals surface area contributed by atoms with Crippen LogP contribution >= 0.6 is 0 Å². The predicted molar refractivity (Wildman–Crippen MR) is 212 cm³/mol. The Labute approximate surface area is 294 Å². The van der Waals surface area contributed by atoms with E-state index >= 15 is 0 Å². The maximum absolute atomic E-state index is 4.52. The van der Waals surface area contributed by atoms with Gasteiger partial charge in [-0.1, -0.05) is 125 Å². The maximum atomic E-state index is 4.52. The number of rotatable bonds is 6. The molecule has 3 aliphatic rings. The minimum absolute atomic E-state index is 0.111. The third-order valence-electron chi connectivity index (χ3n) is 11.7. The first kappa shape index (κ1) is 33.1. The summed E-state index contributed by atoms with van der Waals surface area (Å²) in [6.45, 7) is 23.5. The first-order valence-corrected chi connectivity index (χ1v) is 18.0. The highest BCUT2D eigenvalue weighted by Gasteiger charge is 2.46. The fraction of sp³-hybridized carbons (Fsp3) is 0.333. The average Bonchev–Trinajstić information content (AvgIpc) is 3.31. The number of aliphatic imine (C=N–C) groups is 1. The molecule has 3 heterocycles. The van der Waals surface area contributed by atoms with Crippen LogP contribution in [-0.2, 0) is 5.41 Å². The zero-order valence-electron chi connectivity index (χ0n) is 31.1. The van der Waals surface area contributed by atoms with E-state index in [2.05, 4.69) is 151 Å². The number of hydrogen-bond donors (Lipinski definition) is 0. The summed E-state index contributed by atoms with van der Waals surface area (Å²) in [7, 11) is 0. The third kappa shape index (κ3) is 5.45. The van der Waals surface area contributed by atoms with Crippen LogP contribution in [0.4, 0.5) is 11.4 Å². The molecule has 2 unspecified atom stereocenters. The minimum Gasteiger partial charge on any atom is -0.330 e. The molecule has 0 saturated carbocycles. The number of nitrogens with zero attached hydrogens (tertiary/aromatic N) is 3. The molecule has 0 N–H and O–H groups in total. The molecule has 3 aromatic carbocycles. The first-order chi connectivity index (χ1) is 23.3. The molecule has 2 aliphatic heterocycles. The molecule has 0 bridgehead atoms. The quantitative estimate of drug-likeness (QED) is 0.196. The Bertz CT molecular complexity index is 1990. The van der Waals surface area contributed by atoms with Crippen molar-refractivity contribution >= 4 is 40.8 Å². The molecule has 1 aromatic heterocycles. The Morgan fingerprint density at radius 2 is 1.41 bits per heavy atom. The van der Waals surface area contributed by atoms with Crippen molar-refractivity contribution < 1.29 is 0 Å². The summed E-state index contributed by atoms with van der Waals surface area (Å²) < 4.78 is 0. The van der Waals surface area contributed by atoms with Gasteiger partial charge in [-0.05, 0) is 84.6 Å². The van der Waals surface area contributed by atoms with Crippen molar-refractivity contribution in [3.8, 4) is 0 Å². The van der Waals surface area contributed by atoms with Gasteiger partial charge in [0.1, 0.15) is 0 Å². The van der Waals surface area contributed by atoms with Crippen LogP contribution in [0.5, 0.6) is 0 Å². The third-order valence-corrected chi connectivity index (χ3v) is 11.7. The first-order valence-electron chi connectivity index (χ1n) is 18.0. The number of benzene rings is 3. The van der Waals surface area contributed by atoms with E-state index in [1.807, 2.05) is 24.8 Å². The van der Waals surface area contributed by atoms with Gasteiger partial charge in [0.05, 0.1) is 11.2 Å². The summed E-state index contributed by atoms with van der Waals surface area (Å²) in [5, 5.41) is 0. The SMILES string of the molecule is Cc1cc(C)c(B(C2=CC=C(C(C)(C)c3ccc(N4c5ccncc5C5=CN=CCC54C)cc3)C(C)C2)c2c(C)cc(C)cc2C)c(C)c1. The van der Waals surface area contributed by atoms with Crippen molar-refractivity contribution in [1.82, 2.24) is 4.98 Å². The van der Waals surface area contributed by atoms with Gasteiger partial charge in [-0.2, -0.15) is 0 Å². The van der Waals surface area contributed by atoms with E-state index in [0.717, 1.165) is 12.8 Å². The summed E-state index contributed by atoms with van der Waals surface area (Å²) in [6, 6.07) is 21.0. The van der Waals surface area contributed by atoms with Crippen LogP contribution in [0.1, 0.15) is 85.0 Å². The van der Waals surface area contributed by atoms with Gasteiger partial charge in [-0.3, -0.25) is 9.98 Å². The van der Waals surface area contributed by atoms with Crippen LogP contribution in [0.2, 0.25) is 0 Å². The Balaban J connectivity index is 1.26. The molecule has 4 heteroatoms. The van der Waals surface area contributed by atoms with E-state index in [-0.39, 0.29) is 17.7 Å². The van der Waals surface area contributed by atoms with Gasteiger partial charge in [0.15, 0.2) is 0 Å².